The summed E-state index contributed by atoms with van der Waals surface area (Å²) in [7, 11) is 1.92. The van der Waals surface area contributed by atoms with Gasteiger partial charge in [-0.15, -0.1) is 0 Å². The monoisotopic (exact) mass is 336 g/mol. The largest absolute Gasteiger partial charge is 0.334 e. The Morgan fingerprint density at radius 3 is 2.56 bits per heavy atom. The van der Waals surface area contributed by atoms with Gasteiger partial charge in [-0.3, -0.25) is 4.68 Å². The fourth-order valence-corrected chi connectivity index (χ4v) is 3.27. The first kappa shape index (κ1) is 17.0. The number of carbonyl (C=O) groups excluding carboxylic acids is 1. The van der Waals surface area contributed by atoms with Gasteiger partial charge in [-0.05, 0) is 43.2 Å². The third-order valence-electron chi connectivity index (χ3n) is 4.61. The summed E-state index contributed by atoms with van der Waals surface area (Å²) in [4.78, 5) is 12.2. The van der Waals surface area contributed by atoms with Crippen LogP contribution < -0.4 is 10.6 Å². The van der Waals surface area contributed by atoms with Crippen molar-refractivity contribution in [3.05, 3.63) is 65.0 Å². The summed E-state index contributed by atoms with van der Waals surface area (Å²) in [6.07, 6.45) is 0. The van der Waals surface area contributed by atoms with Gasteiger partial charge < -0.3 is 10.6 Å². The van der Waals surface area contributed by atoms with Crippen LogP contribution in [0.25, 0.3) is 10.8 Å². The first-order valence-electron chi connectivity index (χ1n) is 8.48. The molecule has 2 aromatic carbocycles. The molecule has 2 N–H and O–H groups in total. The Kier molecular flexibility index (Phi) is 4.74. The van der Waals surface area contributed by atoms with Crippen LogP contribution in [-0.4, -0.2) is 15.8 Å². The topological polar surface area (TPSA) is 59.0 Å². The van der Waals surface area contributed by atoms with E-state index in [4.69, 9.17) is 0 Å². The fourth-order valence-electron chi connectivity index (χ4n) is 3.27. The molecule has 0 fully saturated rings. The average Bonchev–Trinajstić information content (AvgIpc) is 2.85. The molecule has 1 aromatic heterocycles. The van der Waals surface area contributed by atoms with E-state index in [1.807, 2.05) is 50.7 Å². The molecule has 0 aliphatic carbocycles. The molecule has 0 saturated heterocycles. The van der Waals surface area contributed by atoms with Crippen molar-refractivity contribution in [3.63, 3.8) is 0 Å². The maximum absolute atomic E-state index is 12.2. The van der Waals surface area contributed by atoms with Gasteiger partial charge in [-0.2, -0.15) is 5.10 Å². The number of rotatable bonds is 4. The van der Waals surface area contributed by atoms with Crippen molar-refractivity contribution in [1.29, 1.82) is 0 Å². The number of benzene rings is 2. The Bertz CT molecular complexity index is 913. The van der Waals surface area contributed by atoms with E-state index in [0.29, 0.717) is 6.54 Å². The minimum atomic E-state index is -0.177. The van der Waals surface area contributed by atoms with Crippen LogP contribution >= 0.6 is 0 Å². The van der Waals surface area contributed by atoms with Crippen LogP contribution in [-0.2, 0) is 13.6 Å². The van der Waals surface area contributed by atoms with E-state index in [-0.39, 0.29) is 12.1 Å². The van der Waals surface area contributed by atoms with Gasteiger partial charge in [0.05, 0.1) is 11.7 Å². The Morgan fingerprint density at radius 2 is 1.88 bits per heavy atom. The molecule has 2 amide bonds. The molecule has 3 rings (SSSR count). The highest BCUT2D eigenvalue weighted by molar-refractivity contribution is 5.83. The summed E-state index contributed by atoms with van der Waals surface area (Å²) in [6.45, 7) is 6.45. The first-order valence-corrected chi connectivity index (χ1v) is 8.48. The second-order valence-corrected chi connectivity index (χ2v) is 6.44. The van der Waals surface area contributed by atoms with E-state index < -0.39 is 0 Å². The maximum Gasteiger partial charge on any atom is 0.315 e. The van der Waals surface area contributed by atoms with E-state index in [1.165, 1.54) is 10.8 Å². The van der Waals surface area contributed by atoms with Crippen LogP contribution in [0.3, 0.4) is 0 Å². The molecule has 0 saturated carbocycles. The third kappa shape index (κ3) is 3.65. The molecule has 130 valence electrons. The summed E-state index contributed by atoms with van der Waals surface area (Å²) in [5, 5.41) is 12.7. The average molecular weight is 336 g/mol. The van der Waals surface area contributed by atoms with Crippen LogP contribution in [0.5, 0.6) is 0 Å². The molecular formula is C20H24N4O. The Labute approximate surface area is 148 Å². The molecule has 0 aliphatic heterocycles. The number of carbonyl (C=O) groups is 1. The highest BCUT2D eigenvalue weighted by atomic mass is 16.2. The second-order valence-electron chi connectivity index (χ2n) is 6.44. The van der Waals surface area contributed by atoms with Crippen molar-refractivity contribution in [2.24, 2.45) is 7.05 Å². The Morgan fingerprint density at radius 1 is 1.16 bits per heavy atom. The van der Waals surface area contributed by atoms with Crippen molar-refractivity contribution in [2.75, 3.05) is 0 Å². The van der Waals surface area contributed by atoms with Crippen LogP contribution in [0.1, 0.15) is 35.5 Å². The molecule has 1 heterocycles. The summed E-state index contributed by atoms with van der Waals surface area (Å²) in [5.41, 5.74) is 4.17. The summed E-state index contributed by atoms with van der Waals surface area (Å²) in [5.74, 6) is 0. The van der Waals surface area contributed by atoms with Gasteiger partial charge in [0.15, 0.2) is 0 Å². The molecule has 1 atom stereocenters. The summed E-state index contributed by atoms with van der Waals surface area (Å²) >= 11 is 0. The van der Waals surface area contributed by atoms with Gasteiger partial charge in [0.25, 0.3) is 0 Å². The van der Waals surface area contributed by atoms with Crippen LogP contribution in [0.15, 0.2) is 42.5 Å². The number of urea groups is 1. The number of hydrogen-bond acceptors (Lipinski definition) is 2. The highest BCUT2D eigenvalue weighted by Crippen LogP contribution is 2.20. The van der Waals surface area contributed by atoms with Crippen molar-refractivity contribution < 1.29 is 4.79 Å². The second kappa shape index (κ2) is 6.97. The van der Waals surface area contributed by atoms with E-state index in [1.54, 1.807) is 0 Å². The van der Waals surface area contributed by atoms with Gasteiger partial charge in [0, 0.05) is 24.8 Å². The fraction of sp³-hybridized carbons (Fsp3) is 0.300. The molecule has 0 aliphatic rings. The molecule has 0 bridgehead atoms. The van der Waals surface area contributed by atoms with E-state index in [9.17, 15) is 4.79 Å². The van der Waals surface area contributed by atoms with Crippen LogP contribution in [0, 0.1) is 13.8 Å². The minimum Gasteiger partial charge on any atom is -0.334 e. The van der Waals surface area contributed by atoms with Gasteiger partial charge >= 0.3 is 6.03 Å². The SMILES string of the molecule is Cc1nn(C)c(C)c1[C@@H](C)NC(=O)NCc1ccc2ccccc2c1. The van der Waals surface area contributed by atoms with Crippen molar-refractivity contribution in [3.8, 4) is 0 Å². The highest BCUT2D eigenvalue weighted by Gasteiger charge is 2.17. The Hall–Kier alpha value is -2.82. The molecule has 5 heteroatoms. The number of nitrogens with zero attached hydrogens (tertiary/aromatic N) is 2. The molecule has 0 radical (unpaired) electrons. The predicted octanol–water partition coefficient (Wildman–Crippen LogP) is 3.75. The zero-order chi connectivity index (χ0) is 18.0. The minimum absolute atomic E-state index is 0.0923. The maximum atomic E-state index is 12.2. The lowest BCUT2D eigenvalue weighted by molar-refractivity contribution is 0.237. The lowest BCUT2D eigenvalue weighted by Crippen LogP contribution is -2.36. The van der Waals surface area contributed by atoms with E-state index in [2.05, 4.69) is 40.0 Å². The Balaban J connectivity index is 1.62. The lowest BCUT2D eigenvalue weighted by Gasteiger charge is -2.15. The number of nitrogens with one attached hydrogen (secondary N) is 2. The number of aryl methyl sites for hydroxylation is 2. The van der Waals surface area contributed by atoms with E-state index >= 15 is 0 Å². The lowest BCUT2D eigenvalue weighted by atomic mass is 10.1. The number of fused-ring (bicyclic) bond motifs is 1. The summed E-state index contributed by atoms with van der Waals surface area (Å²) in [6, 6.07) is 14.2. The zero-order valence-corrected chi connectivity index (χ0v) is 15.1. The zero-order valence-electron chi connectivity index (χ0n) is 15.1. The quantitative estimate of drug-likeness (QED) is 0.762. The molecular weight excluding hydrogens is 312 g/mol. The van der Waals surface area contributed by atoms with Crippen molar-refractivity contribution >= 4 is 16.8 Å². The van der Waals surface area contributed by atoms with Crippen LogP contribution in [0.2, 0.25) is 0 Å². The van der Waals surface area contributed by atoms with E-state index in [0.717, 1.165) is 22.5 Å². The molecule has 5 nitrogen and oxygen atoms in total. The van der Waals surface area contributed by atoms with Gasteiger partial charge in [0.2, 0.25) is 0 Å². The number of hydrogen-bond donors (Lipinski definition) is 2. The van der Waals surface area contributed by atoms with Crippen molar-refractivity contribution in [2.45, 2.75) is 33.4 Å². The molecule has 0 unspecified atom stereocenters. The number of amides is 2. The van der Waals surface area contributed by atoms with Gasteiger partial charge in [-0.1, -0.05) is 36.4 Å². The molecule has 0 spiro atoms. The third-order valence-corrected chi connectivity index (χ3v) is 4.61. The van der Waals surface area contributed by atoms with Crippen LogP contribution in [0.4, 0.5) is 4.79 Å². The first-order chi connectivity index (χ1) is 12.0. The van der Waals surface area contributed by atoms with Gasteiger partial charge in [0.1, 0.15) is 0 Å². The predicted molar refractivity (Wildman–Crippen MR) is 100 cm³/mol. The van der Waals surface area contributed by atoms with Crippen molar-refractivity contribution in [1.82, 2.24) is 20.4 Å². The summed E-state index contributed by atoms with van der Waals surface area (Å²) < 4.78 is 1.84. The molecule has 3 aromatic rings. The standard InChI is InChI=1S/C20H24N4O/c1-13(19-14(2)23-24(4)15(19)3)22-20(25)21-12-16-9-10-17-7-5-6-8-18(17)11-16/h5-11,13H,12H2,1-4H3,(H2,21,22,25)/t13-/m1/s1. The smallest absolute Gasteiger partial charge is 0.315 e. The van der Waals surface area contributed by atoms with Gasteiger partial charge in [-0.25, -0.2) is 4.79 Å². The number of aromatic nitrogens is 2. The normalized spacial score (nSPS) is 12.2. The molecule has 25 heavy (non-hydrogen) atoms.